The zero-order valence-electron chi connectivity index (χ0n) is 54.8. The van der Waals surface area contributed by atoms with Gasteiger partial charge in [-0.3, -0.25) is 0 Å². The van der Waals surface area contributed by atoms with Crippen molar-refractivity contribution < 1.29 is 25.9 Å². The standard InChI is InChI=1S/2C37H60N2O3S.Ca/c2*1-2-3-4-5-6-7-8-9-10-11-12-13-14-15-16-17-18-19-20-21-25-31-36-38-37-34(29-26-30-35(37)43(40,41)42)39(36)32-33-27-23-22-24-28-33;/h2*22-24,26-30,36,38H,2-21,25,31-32H2,1H3,(H,40,41,42);/q;;+2/p-2. The van der Waals surface area contributed by atoms with Crippen molar-refractivity contribution in [2.24, 2.45) is 0 Å². The molecule has 13 heteroatoms. The molecule has 4 aromatic carbocycles. The summed E-state index contributed by atoms with van der Waals surface area (Å²) in [6, 6.07) is 30.4. The molecular formula is C74H118CaN4O6S2. The molecule has 0 saturated heterocycles. The number of rotatable bonds is 50. The van der Waals surface area contributed by atoms with E-state index in [9.17, 15) is 25.9 Å². The van der Waals surface area contributed by atoms with Crippen LogP contribution in [0.15, 0.2) is 107 Å². The molecule has 0 spiro atoms. The van der Waals surface area contributed by atoms with E-state index in [1.807, 2.05) is 48.5 Å². The van der Waals surface area contributed by atoms with E-state index in [1.165, 1.54) is 269 Å². The summed E-state index contributed by atoms with van der Waals surface area (Å²) in [5.41, 5.74) is 4.85. The van der Waals surface area contributed by atoms with E-state index in [-0.39, 0.29) is 59.9 Å². The Morgan fingerprint density at radius 1 is 0.322 bits per heavy atom. The van der Waals surface area contributed by atoms with Crippen LogP contribution in [0.3, 0.4) is 0 Å². The molecule has 0 aliphatic carbocycles. The maximum absolute atomic E-state index is 11.9. The summed E-state index contributed by atoms with van der Waals surface area (Å²) in [4.78, 5) is 4.14. The van der Waals surface area contributed by atoms with Crippen LogP contribution in [-0.2, 0) is 33.3 Å². The predicted octanol–water partition coefficient (Wildman–Crippen LogP) is 21.5. The molecule has 2 atom stereocenters. The first kappa shape index (κ1) is 76.6. The van der Waals surface area contributed by atoms with E-state index >= 15 is 0 Å². The SMILES string of the molecule is CCCCCCCCCCCCCCCCCCCCCCCC1Nc2c(cccc2S(=O)(=O)[O-])N1Cc1ccccc1.CCCCCCCCCCCCCCCCCCCCCCCC1Nc2c(cccc2S(=O)(=O)[O-])N1Cc1ccccc1.[Ca+2]. The maximum Gasteiger partial charge on any atom is 2.00 e. The largest absolute Gasteiger partial charge is 2.00 e. The smallest absolute Gasteiger partial charge is 0.744 e. The fourth-order valence-electron chi connectivity index (χ4n) is 13.0. The van der Waals surface area contributed by atoms with Crippen LogP contribution in [0.25, 0.3) is 0 Å². The minimum Gasteiger partial charge on any atom is -0.744 e. The van der Waals surface area contributed by atoms with Crippen LogP contribution in [0.4, 0.5) is 22.7 Å². The van der Waals surface area contributed by atoms with Crippen molar-refractivity contribution in [2.75, 3.05) is 20.4 Å². The molecule has 0 aromatic heterocycles. The molecule has 0 radical (unpaired) electrons. The number of anilines is 4. The average molecular weight is 1260 g/mol. The summed E-state index contributed by atoms with van der Waals surface area (Å²) in [6.07, 6.45) is 59.4. The number of hydrogen-bond donors (Lipinski definition) is 2. The molecule has 2 unspecified atom stereocenters. The third-order valence-corrected chi connectivity index (χ3v) is 19.9. The Morgan fingerprint density at radius 3 is 0.782 bits per heavy atom. The van der Waals surface area contributed by atoms with Crippen LogP contribution in [0.5, 0.6) is 0 Å². The summed E-state index contributed by atoms with van der Waals surface area (Å²) in [5.74, 6) is 0. The molecular weight excluding hydrogens is 1150 g/mol. The number of hydrogen-bond acceptors (Lipinski definition) is 10. The minimum absolute atomic E-state index is 0. The number of unbranched alkanes of at least 4 members (excludes halogenated alkanes) is 40. The molecule has 0 bridgehead atoms. The third-order valence-electron chi connectivity index (χ3n) is 18.1. The first-order chi connectivity index (χ1) is 42.0. The van der Waals surface area contributed by atoms with Gasteiger partial charge in [0.1, 0.15) is 20.2 Å². The Labute approximate surface area is 562 Å². The Balaban J connectivity index is 0.000000368. The quantitative estimate of drug-likeness (QED) is 0.0249. The summed E-state index contributed by atoms with van der Waals surface area (Å²) in [6.45, 7) is 5.92. The first-order valence-corrected chi connectivity index (χ1v) is 38.1. The van der Waals surface area contributed by atoms with Gasteiger partial charge in [-0.2, -0.15) is 0 Å². The van der Waals surface area contributed by atoms with Gasteiger partial charge in [-0.25, -0.2) is 16.8 Å². The molecule has 0 fully saturated rings. The molecule has 4 aromatic rings. The molecule has 6 rings (SSSR count). The van der Waals surface area contributed by atoms with Crippen molar-refractivity contribution in [3.05, 3.63) is 108 Å². The summed E-state index contributed by atoms with van der Waals surface area (Å²) in [7, 11) is -9.09. The van der Waals surface area contributed by atoms with Gasteiger partial charge < -0.3 is 29.5 Å². The van der Waals surface area contributed by atoms with Crippen molar-refractivity contribution in [3.8, 4) is 0 Å². The van der Waals surface area contributed by atoms with Gasteiger partial charge in [0.15, 0.2) is 0 Å². The van der Waals surface area contributed by atoms with Crippen molar-refractivity contribution in [3.63, 3.8) is 0 Å². The van der Waals surface area contributed by atoms with E-state index in [0.717, 1.165) is 48.2 Å². The summed E-state index contributed by atoms with van der Waals surface area (Å²) >= 11 is 0. The van der Waals surface area contributed by atoms with E-state index < -0.39 is 20.2 Å². The Hall–Kier alpha value is -2.84. The molecule has 0 saturated carbocycles. The van der Waals surface area contributed by atoms with Gasteiger partial charge in [-0.15, -0.1) is 0 Å². The van der Waals surface area contributed by atoms with Gasteiger partial charge >= 0.3 is 37.7 Å². The van der Waals surface area contributed by atoms with Crippen LogP contribution in [0.2, 0.25) is 0 Å². The van der Waals surface area contributed by atoms with Gasteiger partial charge in [0.25, 0.3) is 0 Å². The summed E-state index contributed by atoms with van der Waals surface area (Å²) in [5, 5.41) is 6.78. The second-order valence-corrected chi connectivity index (χ2v) is 28.2. The number of nitrogens with one attached hydrogen (secondary N) is 2. The van der Waals surface area contributed by atoms with E-state index in [0.29, 0.717) is 24.5 Å². The van der Waals surface area contributed by atoms with Crippen LogP contribution in [0, 0.1) is 0 Å². The van der Waals surface area contributed by atoms with Crippen molar-refractivity contribution in [1.82, 2.24) is 0 Å². The maximum atomic E-state index is 11.9. The zero-order valence-corrected chi connectivity index (χ0v) is 58.6. The zero-order chi connectivity index (χ0) is 61.2. The number of nitrogens with zero attached hydrogens (tertiary/aromatic N) is 2. The fourth-order valence-corrected chi connectivity index (χ4v) is 14.3. The number of benzene rings is 4. The molecule has 484 valence electrons. The van der Waals surface area contributed by atoms with Crippen molar-refractivity contribution in [1.29, 1.82) is 0 Å². The monoisotopic (exact) mass is 1260 g/mol. The molecule has 2 aliphatic heterocycles. The Bertz CT molecular complexity index is 2400. The second kappa shape index (κ2) is 47.1. The van der Waals surface area contributed by atoms with E-state index in [1.54, 1.807) is 12.1 Å². The second-order valence-electron chi connectivity index (χ2n) is 25.5. The Kier molecular flexibility index (Phi) is 41.5. The number of fused-ring (bicyclic) bond motifs is 2. The van der Waals surface area contributed by atoms with Gasteiger partial charge in [0.05, 0.1) is 44.9 Å². The van der Waals surface area contributed by atoms with E-state index in [2.05, 4.69) is 58.5 Å². The molecule has 87 heavy (non-hydrogen) atoms. The molecule has 2 N–H and O–H groups in total. The topological polar surface area (TPSA) is 145 Å². The van der Waals surface area contributed by atoms with Crippen LogP contribution in [-0.4, -0.2) is 76.0 Å². The van der Waals surface area contributed by atoms with Gasteiger partial charge in [0, 0.05) is 13.1 Å². The molecule has 10 nitrogen and oxygen atoms in total. The van der Waals surface area contributed by atoms with Crippen molar-refractivity contribution in [2.45, 2.75) is 332 Å². The fraction of sp³-hybridized carbons (Fsp3) is 0.676. The third kappa shape index (κ3) is 31.8. The Morgan fingerprint density at radius 2 is 0.552 bits per heavy atom. The normalized spacial score (nSPS) is 14.5. The predicted molar refractivity (Wildman–Crippen MR) is 369 cm³/mol. The number of para-hydroxylation sites is 2. The average Bonchev–Trinajstić information content (AvgIpc) is 2.25. The van der Waals surface area contributed by atoms with Crippen LogP contribution < -0.4 is 20.4 Å². The van der Waals surface area contributed by atoms with Crippen molar-refractivity contribution >= 4 is 80.7 Å². The molecule has 2 heterocycles. The minimum atomic E-state index is -4.54. The van der Waals surface area contributed by atoms with Gasteiger partial charge in [0.2, 0.25) is 0 Å². The van der Waals surface area contributed by atoms with Gasteiger partial charge in [-0.05, 0) is 61.1 Å². The van der Waals surface area contributed by atoms with Crippen LogP contribution in [0.1, 0.15) is 307 Å². The molecule has 2 aliphatic rings. The van der Waals surface area contributed by atoms with Crippen LogP contribution >= 0.6 is 0 Å². The van der Waals surface area contributed by atoms with Gasteiger partial charge in [-0.1, -0.05) is 343 Å². The first-order valence-electron chi connectivity index (χ1n) is 35.3. The molecule has 0 amide bonds. The van der Waals surface area contributed by atoms with E-state index in [4.69, 9.17) is 0 Å². The summed E-state index contributed by atoms with van der Waals surface area (Å²) < 4.78 is 71.4.